The lowest BCUT2D eigenvalue weighted by molar-refractivity contribution is -0.138. The van der Waals surface area contributed by atoms with E-state index in [1.807, 2.05) is 32.0 Å². The molecule has 0 fully saturated rings. The summed E-state index contributed by atoms with van der Waals surface area (Å²) in [6.07, 6.45) is 0.229. The van der Waals surface area contributed by atoms with Crippen LogP contribution in [0.5, 0.6) is 0 Å². The third-order valence-electron chi connectivity index (χ3n) is 3.88. The number of carbonyl (C=O) groups excluding carboxylic acids is 1. The Morgan fingerprint density at radius 2 is 1.92 bits per heavy atom. The van der Waals surface area contributed by atoms with Crippen molar-refractivity contribution in [2.24, 2.45) is 0 Å². The number of rotatable bonds is 8. The molecule has 6 nitrogen and oxygen atoms in total. The number of carbonyl (C=O) groups is 1. The van der Waals surface area contributed by atoms with E-state index in [0.717, 1.165) is 10.1 Å². The molecule has 0 bridgehead atoms. The Balaban J connectivity index is 1.76. The average molecular weight is 375 g/mol. The zero-order chi connectivity index (χ0) is 18.5. The molecule has 1 aromatic carbocycles. The Morgan fingerprint density at radius 1 is 1.19 bits per heavy atom. The number of benzene rings is 1. The van der Waals surface area contributed by atoms with Crippen LogP contribution in [0.25, 0.3) is 21.1 Å². The summed E-state index contributed by atoms with van der Waals surface area (Å²) in [5.74, 6) is -0.221. The number of para-hydroxylation sites is 1. The van der Waals surface area contributed by atoms with Gasteiger partial charge in [0.15, 0.2) is 6.29 Å². The van der Waals surface area contributed by atoms with E-state index >= 15 is 0 Å². The molecule has 138 valence electrons. The number of hydrogen-bond donors (Lipinski definition) is 1. The van der Waals surface area contributed by atoms with E-state index in [4.69, 9.17) is 13.9 Å². The summed E-state index contributed by atoms with van der Waals surface area (Å²) in [4.78, 5) is 25.1. The zero-order valence-corrected chi connectivity index (χ0v) is 15.6. The maximum atomic E-state index is 12.4. The fraction of sp³-hybridized carbons (Fsp3) is 0.368. The van der Waals surface area contributed by atoms with Gasteiger partial charge in [-0.3, -0.25) is 4.79 Å². The van der Waals surface area contributed by atoms with Gasteiger partial charge in [-0.25, -0.2) is 4.79 Å². The average Bonchev–Trinajstić information content (AvgIpc) is 3.08. The second-order valence-corrected chi connectivity index (χ2v) is 6.68. The second-order valence-electron chi connectivity index (χ2n) is 5.62. The molecule has 1 N–H and O–H groups in total. The quantitative estimate of drug-likeness (QED) is 0.481. The van der Waals surface area contributed by atoms with Crippen LogP contribution in [0.15, 0.2) is 39.5 Å². The number of thiophene rings is 1. The summed E-state index contributed by atoms with van der Waals surface area (Å²) in [5.41, 5.74) is 0.0943. The van der Waals surface area contributed by atoms with Crippen LogP contribution in [-0.4, -0.2) is 32.0 Å². The van der Waals surface area contributed by atoms with E-state index in [1.54, 1.807) is 12.1 Å². The monoisotopic (exact) mass is 375 g/mol. The van der Waals surface area contributed by atoms with E-state index in [0.29, 0.717) is 42.0 Å². The second kappa shape index (κ2) is 8.44. The Labute approximate surface area is 154 Å². The first-order chi connectivity index (χ1) is 12.6. The summed E-state index contributed by atoms with van der Waals surface area (Å²) in [5, 5.41) is 4.12. The first-order valence-electron chi connectivity index (χ1n) is 8.60. The first-order valence-corrected chi connectivity index (χ1v) is 9.42. The molecule has 3 aromatic rings. The summed E-state index contributed by atoms with van der Waals surface area (Å²) >= 11 is 1.29. The third kappa shape index (κ3) is 3.95. The molecular formula is C19H21NO5S. The highest BCUT2D eigenvalue weighted by atomic mass is 32.1. The van der Waals surface area contributed by atoms with Crippen LogP contribution >= 0.6 is 11.3 Å². The number of hydrogen-bond acceptors (Lipinski definition) is 6. The largest absolute Gasteiger partial charge is 0.422 e. The molecule has 0 atom stereocenters. The van der Waals surface area contributed by atoms with Crippen molar-refractivity contribution in [1.29, 1.82) is 0 Å². The van der Waals surface area contributed by atoms with Gasteiger partial charge in [0.25, 0.3) is 5.91 Å². The van der Waals surface area contributed by atoms with Crippen LogP contribution in [0.2, 0.25) is 0 Å². The van der Waals surface area contributed by atoms with Crippen LogP contribution in [0.3, 0.4) is 0 Å². The Bertz CT molecular complexity index is 955. The molecular weight excluding hydrogens is 354 g/mol. The number of fused-ring (bicyclic) bond motifs is 3. The lowest BCUT2D eigenvalue weighted by atomic mass is 10.2. The molecule has 2 heterocycles. The lowest BCUT2D eigenvalue weighted by Crippen LogP contribution is -2.28. The SMILES string of the molecule is CCOC(CCNC(=O)c1cc2c(=O)oc3ccccc3c2s1)OCC. The van der Waals surface area contributed by atoms with Crippen LogP contribution in [-0.2, 0) is 9.47 Å². The van der Waals surface area contributed by atoms with Crippen LogP contribution in [0.4, 0.5) is 0 Å². The molecule has 7 heteroatoms. The van der Waals surface area contributed by atoms with Gasteiger partial charge in [0.05, 0.1) is 15.0 Å². The molecule has 1 amide bonds. The first kappa shape index (κ1) is 18.6. The van der Waals surface area contributed by atoms with Gasteiger partial charge < -0.3 is 19.2 Å². The smallest absolute Gasteiger partial charge is 0.345 e. The van der Waals surface area contributed by atoms with Crippen LogP contribution in [0, 0.1) is 0 Å². The normalized spacial score (nSPS) is 11.5. The Kier molecular flexibility index (Phi) is 6.03. The minimum Gasteiger partial charge on any atom is -0.422 e. The summed E-state index contributed by atoms with van der Waals surface area (Å²) in [7, 11) is 0. The molecule has 0 spiro atoms. The zero-order valence-electron chi connectivity index (χ0n) is 14.7. The molecule has 0 aliphatic rings. The molecule has 0 unspecified atom stereocenters. The Morgan fingerprint density at radius 3 is 2.65 bits per heavy atom. The highest BCUT2D eigenvalue weighted by Gasteiger charge is 2.16. The molecule has 0 aliphatic carbocycles. The van der Waals surface area contributed by atoms with Crippen molar-refractivity contribution >= 4 is 38.3 Å². The van der Waals surface area contributed by atoms with Crippen molar-refractivity contribution in [1.82, 2.24) is 5.32 Å². The molecule has 0 aliphatic heterocycles. The Hall–Kier alpha value is -2.22. The van der Waals surface area contributed by atoms with E-state index < -0.39 is 5.63 Å². The van der Waals surface area contributed by atoms with Gasteiger partial charge in [0.1, 0.15) is 5.58 Å². The fourth-order valence-electron chi connectivity index (χ4n) is 2.73. The van der Waals surface area contributed by atoms with Gasteiger partial charge in [0.2, 0.25) is 0 Å². The maximum absolute atomic E-state index is 12.4. The van der Waals surface area contributed by atoms with Crippen LogP contribution < -0.4 is 10.9 Å². The summed E-state index contributed by atoms with van der Waals surface area (Å²) in [6.45, 7) is 5.33. The minimum atomic E-state index is -0.429. The van der Waals surface area contributed by atoms with Crippen molar-refractivity contribution in [2.75, 3.05) is 19.8 Å². The standard InChI is InChI=1S/C19H21NO5S/c1-3-23-16(24-4-2)9-10-20-18(21)15-11-13-17(26-15)12-7-5-6-8-14(12)25-19(13)22/h5-8,11,16H,3-4,9-10H2,1-2H3,(H,20,21). The minimum absolute atomic E-state index is 0.221. The lowest BCUT2D eigenvalue weighted by Gasteiger charge is -2.16. The van der Waals surface area contributed by atoms with E-state index in [1.165, 1.54) is 11.3 Å². The van der Waals surface area contributed by atoms with E-state index in [-0.39, 0.29) is 12.2 Å². The van der Waals surface area contributed by atoms with Crippen molar-refractivity contribution in [3.8, 4) is 0 Å². The number of ether oxygens (including phenoxy) is 2. The van der Waals surface area contributed by atoms with Gasteiger partial charge >= 0.3 is 5.63 Å². The van der Waals surface area contributed by atoms with Crippen molar-refractivity contribution in [3.05, 3.63) is 45.6 Å². The molecule has 26 heavy (non-hydrogen) atoms. The number of amides is 1. The highest BCUT2D eigenvalue weighted by Crippen LogP contribution is 2.30. The third-order valence-corrected chi connectivity index (χ3v) is 5.05. The number of nitrogens with one attached hydrogen (secondary N) is 1. The van der Waals surface area contributed by atoms with Crippen LogP contribution in [0.1, 0.15) is 29.9 Å². The predicted molar refractivity (Wildman–Crippen MR) is 102 cm³/mol. The van der Waals surface area contributed by atoms with Gasteiger partial charge in [-0.2, -0.15) is 0 Å². The maximum Gasteiger partial charge on any atom is 0.345 e. The fourth-order valence-corrected chi connectivity index (χ4v) is 3.82. The molecule has 0 saturated carbocycles. The van der Waals surface area contributed by atoms with Gasteiger partial charge in [-0.05, 0) is 32.0 Å². The molecule has 2 aromatic heterocycles. The van der Waals surface area contributed by atoms with Crippen molar-refractivity contribution < 1.29 is 18.7 Å². The van der Waals surface area contributed by atoms with Gasteiger partial charge in [-0.1, -0.05) is 12.1 Å². The topological polar surface area (TPSA) is 77.8 Å². The molecule has 0 saturated heterocycles. The van der Waals surface area contributed by atoms with Crippen molar-refractivity contribution in [2.45, 2.75) is 26.6 Å². The summed E-state index contributed by atoms with van der Waals surface area (Å²) < 4.78 is 17.0. The molecule has 3 rings (SSSR count). The molecule has 0 radical (unpaired) electrons. The predicted octanol–water partition coefficient (Wildman–Crippen LogP) is 3.53. The van der Waals surface area contributed by atoms with Gasteiger partial charge in [-0.15, -0.1) is 11.3 Å². The van der Waals surface area contributed by atoms with E-state index in [2.05, 4.69) is 5.32 Å². The van der Waals surface area contributed by atoms with Gasteiger partial charge in [0, 0.05) is 31.6 Å². The van der Waals surface area contributed by atoms with Crippen molar-refractivity contribution in [3.63, 3.8) is 0 Å². The van der Waals surface area contributed by atoms with E-state index in [9.17, 15) is 9.59 Å². The highest BCUT2D eigenvalue weighted by molar-refractivity contribution is 7.21. The summed E-state index contributed by atoms with van der Waals surface area (Å²) in [6, 6.07) is 8.91.